The minimum atomic E-state index is -1.36. The van der Waals surface area contributed by atoms with E-state index in [1.165, 1.54) is 0 Å². The summed E-state index contributed by atoms with van der Waals surface area (Å²) in [5.41, 5.74) is 0.773. The average Bonchev–Trinajstić information content (AvgIpc) is 2.80. The highest BCUT2D eigenvalue weighted by Gasteiger charge is 2.28. The Morgan fingerprint density at radius 3 is 1.24 bits per heavy atom. The lowest BCUT2D eigenvalue weighted by atomic mass is 9.97. The van der Waals surface area contributed by atoms with Gasteiger partial charge in [-0.05, 0) is 105 Å². The van der Waals surface area contributed by atoms with Crippen molar-refractivity contribution in [1.82, 2.24) is 4.67 Å². The number of benzene rings is 2. The summed E-state index contributed by atoms with van der Waals surface area (Å²) < 4.78 is 25.8. The second kappa shape index (κ2) is 13.7. The number of ether oxygens (including phenoxy) is 2. The van der Waals surface area contributed by atoms with Gasteiger partial charge in [-0.1, -0.05) is 24.3 Å². The molecule has 2 aromatic rings. The van der Waals surface area contributed by atoms with E-state index in [1.54, 1.807) is 24.3 Å². The summed E-state index contributed by atoms with van der Waals surface area (Å²) in [5.74, 6) is 0.469. The third-order valence-electron chi connectivity index (χ3n) is 5.42. The van der Waals surface area contributed by atoms with Crippen molar-refractivity contribution in [2.75, 3.05) is 0 Å². The van der Waals surface area contributed by atoms with Crippen molar-refractivity contribution in [3.05, 3.63) is 59.7 Å². The Balaban J connectivity index is 2.05. The van der Waals surface area contributed by atoms with Gasteiger partial charge in [-0.15, -0.1) is 0 Å². The molecule has 8 heteroatoms. The number of carbonyl (C=O) groups excluding carboxylic acids is 2. The van der Waals surface area contributed by atoms with Gasteiger partial charge in [0.2, 0.25) is 0 Å². The minimum absolute atomic E-state index is 0.222. The van der Waals surface area contributed by atoms with Crippen molar-refractivity contribution < 1.29 is 28.1 Å². The van der Waals surface area contributed by atoms with E-state index in [0.29, 0.717) is 24.7 Å². The fourth-order valence-electron chi connectivity index (χ4n) is 3.23. The van der Waals surface area contributed by atoms with Gasteiger partial charge in [-0.3, -0.25) is 9.59 Å². The maximum atomic E-state index is 12.1. The zero-order valence-corrected chi connectivity index (χ0v) is 25.4. The molecule has 0 aliphatic rings. The van der Waals surface area contributed by atoms with Crippen LogP contribution in [-0.2, 0) is 31.9 Å². The number of esters is 2. The van der Waals surface area contributed by atoms with Crippen molar-refractivity contribution in [2.24, 2.45) is 10.8 Å². The van der Waals surface area contributed by atoms with Crippen LogP contribution >= 0.6 is 8.53 Å². The molecule has 2 rings (SSSR count). The molecule has 0 aliphatic heterocycles. The van der Waals surface area contributed by atoms with Gasteiger partial charge >= 0.3 is 11.9 Å². The molecule has 0 saturated heterocycles. The van der Waals surface area contributed by atoms with Crippen LogP contribution in [0.25, 0.3) is 0 Å². The van der Waals surface area contributed by atoms with Crippen LogP contribution in [-0.4, -0.2) is 28.7 Å². The van der Waals surface area contributed by atoms with Crippen LogP contribution in [0.1, 0.15) is 80.4 Å². The molecule has 0 spiro atoms. The van der Waals surface area contributed by atoms with Crippen molar-refractivity contribution in [2.45, 2.75) is 94.5 Å². The predicted octanol–water partition coefficient (Wildman–Crippen LogP) is 7.67. The van der Waals surface area contributed by atoms with Crippen LogP contribution in [0.2, 0.25) is 0 Å². The molecule has 0 amide bonds. The number of nitrogens with zero attached hydrogens (tertiary/aromatic N) is 1. The number of rotatable bonds is 11. The number of hydrogen-bond acceptors (Lipinski definition) is 7. The van der Waals surface area contributed by atoms with E-state index in [-0.39, 0.29) is 24.0 Å². The first-order valence-electron chi connectivity index (χ1n) is 13.0. The van der Waals surface area contributed by atoms with E-state index >= 15 is 0 Å². The summed E-state index contributed by atoms with van der Waals surface area (Å²) in [7, 11) is -1.36. The molecule has 0 aliphatic carbocycles. The normalized spacial score (nSPS) is 12.5. The summed E-state index contributed by atoms with van der Waals surface area (Å²) >= 11 is 0. The van der Waals surface area contributed by atoms with Gasteiger partial charge < -0.3 is 18.5 Å². The van der Waals surface area contributed by atoms with Crippen molar-refractivity contribution in [1.29, 1.82) is 0 Å². The summed E-state index contributed by atoms with van der Waals surface area (Å²) in [6.45, 7) is 20.2. The monoisotopic (exact) mass is 545 g/mol. The van der Waals surface area contributed by atoms with E-state index in [0.717, 1.165) is 11.1 Å². The Kier molecular flexibility index (Phi) is 11.5. The molecule has 0 saturated carbocycles. The Morgan fingerprint density at radius 1 is 0.658 bits per heavy atom. The zero-order chi connectivity index (χ0) is 28.7. The van der Waals surface area contributed by atoms with Crippen molar-refractivity contribution in [3.8, 4) is 11.5 Å². The molecule has 38 heavy (non-hydrogen) atoms. The first-order valence-corrected chi connectivity index (χ1v) is 14.2. The van der Waals surface area contributed by atoms with E-state index < -0.39 is 19.4 Å². The molecule has 210 valence electrons. The fourth-order valence-corrected chi connectivity index (χ4v) is 4.85. The Labute approximate surface area is 229 Å². The molecule has 7 nitrogen and oxygen atoms in total. The second-order valence-electron chi connectivity index (χ2n) is 11.9. The SMILES string of the molecule is CC(C)N(C(C)C)P(OCc1ccc(OC(=O)C(C)(C)C)cc1)OCc1ccc(OC(=O)C(C)(C)C)cc1. The van der Waals surface area contributed by atoms with Crippen LogP contribution < -0.4 is 9.47 Å². The minimum Gasteiger partial charge on any atom is -0.426 e. The summed E-state index contributed by atoms with van der Waals surface area (Å²) in [5, 5.41) is 0. The molecule has 0 unspecified atom stereocenters. The van der Waals surface area contributed by atoms with E-state index in [2.05, 4.69) is 32.4 Å². The molecule has 2 aromatic carbocycles. The van der Waals surface area contributed by atoms with Gasteiger partial charge in [0.15, 0.2) is 0 Å². The third kappa shape index (κ3) is 10.1. The van der Waals surface area contributed by atoms with Crippen molar-refractivity contribution in [3.63, 3.8) is 0 Å². The van der Waals surface area contributed by atoms with Gasteiger partial charge in [-0.2, -0.15) is 0 Å². The number of carbonyl (C=O) groups is 2. The summed E-state index contributed by atoms with van der Waals surface area (Å²) in [4.78, 5) is 24.3. The van der Waals surface area contributed by atoms with Crippen LogP contribution in [0, 0.1) is 10.8 Å². The molecular formula is C30H44NO6P. The standard InChI is InChI=1S/C30H44NO6P/c1-21(2)31(22(3)4)38(34-19-23-11-15-25(16-12-23)36-27(32)29(5,6)7)35-20-24-13-17-26(18-14-24)37-28(33)30(8,9)10/h11-18,21-22H,19-20H2,1-10H3. The van der Waals surface area contributed by atoms with Crippen LogP contribution in [0.3, 0.4) is 0 Å². The number of hydrogen-bond donors (Lipinski definition) is 0. The molecule has 0 atom stereocenters. The highest BCUT2D eigenvalue weighted by molar-refractivity contribution is 7.44. The Morgan fingerprint density at radius 2 is 0.974 bits per heavy atom. The highest BCUT2D eigenvalue weighted by Crippen LogP contribution is 2.47. The first-order chi connectivity index (χ1) is 17.6. The summed E-state index contributed by atoms with van der Waals surface area (Å²) in [6.07, 6.45) is 0. The highest BCUT2D eigenvalue weighted by atomic mass is 31.2. The lowest BCUT2D eigenvalue weighted by molar-refractivity contribution is -0.143. The quantitative estimate of drug-likeness (QED) is 0.163. The topological polar surface area (TPSA) is 74.3 Å². The largest absolute Gasteiger partial charge is 0.426 e. The molecule has 0 heterocycles. The van der Waals surface area contributed by atoms with Crippen LogP contribution in [0.15, 0.2) is 48.5 Å². The van der Waals surface area contributed by atoms with Gasteiger partial charge in [-0.25, -0.2) is 4.67 Å². The Hall–Kier alpha value is -2.31. The first kappa shape index (κ1) is 31.9. The Bertz CT molecular complexity index is 953. The zero-order valence-electron chi connectivity index (χ0n) is 24.5. The maximum absolute atomic E-state index is 12.1. The summed E-state index contributed by atoms with van der Waals surface area (Å²) in [6, 6.07) is 15.1. The van der Waals surface area contributed by atoms with Crippen molar-refractivity contribution >= 4 is 20.5 Å². The molecule has 0 radical (unpaired) electrons. The fraction of sp³-hybridized carbons (Fsp3) is 0.533. The van der Waals surface area contributed by atoms with Gasteiger partial charge in [0.25, 0.3) is 8.53 Å². The molecule has 0 N–H and O–H groups in total. The average molecular weight is 546 g/mol. The van der Waals surface area contributed by atoms with Gasteiger partial charge in [0, 0.05) is 12.1 Å². The van der Waals surface area contributed by atoms with Crippen LogP contribution in [0.4, 0.5) is 0 Å². The molecule has 0 aromatic heterocycles. The predicted molar refractivity (Wildman–Crippen MR) is 152 cm³/mol. The van der Waals surface area contributed by atoms with E-state index in [4.69, 9.17) is 18.5 Å². The molecule has 0 bridgehead atoms. The second-order valence-corrected chi connectivity index (χ2v) is 13.4. The molecule has 0 fully saturated rings. The van der Waals surface area contributed by atoms with E-state index in [9.17, 15) is 9.59 Å². The molecular weight excluding hydrogens is 501 g/mol. The van der Waals surface area contributed by atoms with Gasteiger partial charge in [0.05, 0.1) is 24.0 Å². The smallest absolute Gasteiger partial charge is 0.316 e. The van der Waals surface area contributed by atoms with Gasteiger partial charge in [0.1, 0.15) is 11.5 Å². The van der Waals surface area contributed by atoms with E-state index in [1.807, 2.05) is 65.8 Å². The lowest BCUT2D eigenvalue weighted by Crippen LogP contribution is -2.33. The lowest BCUT2D eigenvalue weighted by Gasteiger charge is -2.35. The maximum Gasteiger partial charge on any atom is 0.316 e. The van der Waals surface area contributed by atoms with Crippen LogP contribution in [0.5, 0.6) is 11.5 Å². The third-order valence-corrected chi connectivity index (χ3v) is 7.42.